The number of rotatable bonds is 9. The fourth-order valence-corrected chi connectivity index (χ4v) is 2.44. The third-order valence-electron chi connectivity index (χ3n) is 3.41. The molecule has 0 aliphatic rings. The van der Waals surface area contributed by atoms with E-state index in [1.807, 2.05) is 24.3 Å². The number of carboxylic acid groups (broad SMARTS) is 2. The van der Waals surface area contributed by atoms with Crippen molar-refractivity contribution in [1.82, 2.24) is 4.98 Å². The van der Waals surface area contributed by atoms with E-state index < -0.39 is 11.9 Å². The number of aryl methyl sites for hydroxylation is 2. The minimum Gasteiger partial charge on any atom is -0.489 e. The summed E-state index contributed by atoms with van der Waals surface area (Å²) in [5.74, 6) is -1.26. The van der Waals surface area contributed by atoms with Gasteiger partial charge >= 0.3 is 11.9 Å². The van der Waals surface area contributed by atoms with Crippen LogP contribution in [0.25, 0.3) is 0 Å². The molecule has 2 aromatic rings. The highest BCUT2D eigenvalue weighted by atomic mass is 79.9. The predicted molar refractivity (Wildman–Crippen MR) is 94.6 cm³/mol. The molecular weight excluding hydrogens is 390 g/mol. The van der Waals surface area contributed by atoms with Crippen molar-refractivity contribution in [3.05, 3.63) is 57.8 Å². The Bertz CT molecular complexity index is 709. The molecule has 2 rings (SSSR count). The number of carboxylic acids is 2. The zero-order chi connectivity index (χ0) is 18.2. The van der Waals surface area contributed by atoms with Gasteiger partial charge in [-0.25, -0.2) is 0 Å². The van der Waals surface area contributed by atoms with Gasteiger partial charge in [0.15, 0.2) is 0 Å². The molecular formula is C18H18BrNO5. The third kappa shape index (κ3) is 6.93. The summed E-state index contributed by atoms with van der Waals surface area (Å²) < 4.78 is 6.76. The van der Waals surface area contributed by atoms with Crippen molar-refractivity contribution in [1.29, 1.82) is 0 Å². The Kier molecular flexibility index (Phi) is 6.94. The monoisotopic (exact) mass is 407 g/mol. The van der Waals surface area contributed by atoms with Gasteiger partial charge in [-0.1, -0.05) is 28.1 Å². The number of ether oxygens (including phenoxy) is 1. The van der Waals surface area contributed by atoms with E-state index in [0.717, 1.165) is 10.0 Å². The van der Waals surface area contributed by atoms with Crippen molar-refractivity contribution in [2.75, 3.05) is 0 Å². The van der Waals surface area contributed by atoms with Crippen LogP contribution >= 0.6 is 15.9 Å². The Morgan fingerprint density at radius 1 is 0.960 bits per heavy atom. The van der Waals surface area contributed by atoms with Crippen molar-refractivity contribution in [3.8, 4) is 5.75 Å². The first-order chi connectivity index (χ1) is 11.9. The third-order valence-corrected chi connectivity index (χ3v) is 3.94. The summed E-state index contributed by atoms with van der Waals surface area (Å²) in [7, 11) is 0. The van der Waals surface area contributed by atoms with Crippen LogP contribution in [0.1, 0.15) is 29.8 Å². The Morgan fingerprint density at radius 2 is 1.48 bits per heavy atom. The summed E-state index contributed by atoms with van der Waals surface area (Å²) in [5.41, 5.74) is 2.14. The molecule has 0 spiro atoms. The molecule has 0 saturated heterocycles. The molecule has 0 bridgehead atoms. The van der Waals surface area contributed by atoms with E-state index in [0.29, 0.717) is 23.7 Å². The smallest absolute Gasteiger partial charge is 0.303 e. The van der Waals surface area contributed by atoms with Crippen LogP contribution in [0.2, 0.25) is 0 Å². The molecule has 2 N–H and O–H groups in total. The van der Waals surface area contributed by atoms with E-state index in [1.54, 1.807) is 12.1 Å². The maximum absolute atomic E-state index is 10.8. The van der Waals surface area contributed by atoms with Gasteiger partial charge in [-0.2, -0.15) is 0 Å². The van der Waals surface area contributed by atoms with Crippen LogP contribution in [-0.4, -0.2) is 27.1 Å². The SMILES string of the molecule is O=C(O)CCc1cc(OCc2ccc(Br)cc2)cc(CCC(=O)O)n1. The fourth-order valence-electron chi connectivity index (χ4n) is 2.18. The first-order valence-corrected chi connectivity index (χ1v) is 8.52. The van der Waals surface area contributed by atoms with Crippen molar-refractivity contribution < 1.29 is 24.5 Å². The molecule has 25 heavy (non-hydrogen) atoms. The van der Waals surface area contributed by atoms with Crippen LogP contribution in [0.15, 0.2) is 40.9 Å². The van der Waals surface area contributed by atoms with Crippen molar-refractivity contribution in [2.45, 2.75) is 32.3 Å². The molecule has 6 nitrogen and oxygen atoms in total. The van der Waals surface area contributed by atoms with Crippen molar-refractivity contribution in [2.24, 2.45) is 0 Å². The van der Waals surface area contributed by atoms with Crippen LogP contribution in [0.4, 0.5) is 0 Å². The largest absolute Gasteiger partial charge is 0.489 e. The van der Waals surface area contributed by atoms with Crippen molar-refractivity contribution in [3.63, 3.8) is 0 Å². The molecule has 0 saturated carbocycles. The van der Waals surface area contributed by atoms with Crippen LogP contribution in [0.3, 0.4) is 0 Å². The molecule has 1 aromatic carbocycles. The molecule has 0 atom stereocenters. The maximum Gasteiger partial charge on any atom is 0.303 e. The van der Waals surface area contributed by atoms with Gasteiger partial charge in [0.25, 0.3) is 0 Å². The van der Waals surface area contributed by atoms with Gasteiger partial charge in [0.05, 0.1) is 12.8 Å². The summed E-state index contributed by atoms with van der Waals surface area (Å²) in [6.45, 7) is 0.355. The Balaban J connectivity index is 2.11. The topological polar surface area (TPSA) is 96.7 Å². The molecule has 0 aliphatic carbocycles. The minimum atomic E-state index is -0.907. The lowest BCUT2D eigenvalue weighted by Crippen LogP contribution is -2.05. The van der Waals surface area contributed by atoms with Crippen LogP contribution in [0.5, 0.6) is 5.75 Å². The lowest BCUT2D eigenvalue weighted by Gasteiger charge is -2.10. The predicted octanol–water partition coefficient (Wildman–Crippen LogP) is 3.46. The average Bonchev–Trinajstić information content (AvgIpc) is 2.57. The van der Waals surface area contributed by atoms with Gasteiger partial charge in [-0.3, -0.25) is 14.6 Å². The number of pyridine rings is 1. The van der Waals surface area contributed by atoms with E-state index in [4.69, 9.17) is 14.9 Å². The van der Waals surface area contributed by atoms with E-state index in [9.17, 15) is 9.59 Å². The zero-order valence-corrected chi connectivity index (χ0v) is 15.0. The molecule has 0 fully saturated rings. The Hall–Kier alpha value is -2.41. The second-order valence-corrected chi connectivity index (χ2v) is 6.40. The van der Waals surface area contributed by atoms with E-state index in [-0.39, 0.29) is 25.7 Å². The normalized spacial score (nSPS) is 10.4. The summed E-state index contributed by atoms with van der Waals surface area (Å²) >= 11 is 3.37. The summed E-state index contributed by atoms with van der Waals surface area (Å²) in [4.78, 5) is 25.8. The van der Waals surface area contributed by atoms with Gasteiger partial charge in [-0.15, -0.1) is 0 Å². The zero-order valence-electron chi connectivity index (χ0n) is 13.4. The minimum absolute atomic E-state index is 0.0401. The van der Waals surface area contributed by atoms with Crippen LogP contribution < -0.4 is 4.74 Å². The lowest BCUT2D eigenvalue weighted by molar-refractivity contribution is -0.137. The number of hydrogen-bond acceptors (Lipinski definition) is 4. The maximum atomic E-state index is 10.8. The fraction of sp³-hybridized carbons (Fsp3) is 0.278. The Morgan fingerprint density at radius 3 is 1.96 bits per heavy atom. The molecule has 0 aliphatic heterocycles. The molecule has 1 heterocycles. The molecule has 0 radical (unpaired) electrons. The highest BCUT2D eigenvalue weighted by Gasteiger charge is 2.08. The van der Waals surface area contributed by atoms with Gasteiger partial charge in [0.2, 0.25) is 0 Å². The van der Waals surface area contributed by atoms with E-state index >= 15 is 0 Å². The second kappa shape index (κ2) is 9.17. The summed E-state index contributed by atoms with van der Waals surface area (Å²) in [6, 6.07) is 11.1. The van der Waals surface area contributed by atoms with Gasteiger partial charge in [0, 0.05) is 40.8 Å². The number of aromatic nitrogens is 1. The molecule has 0 amide bonds. The number of nitrogens with zero attached hydrogens (tertiary/aromatic N) is 1. The molecule has 1 aromatic heterocycles. The van der Waals surface area contributed by atoms with E-state index in [2.05, 4.69) is 20.9 Å². The van der Waals surface area contributed by atoms with Gasteiger partial charge in [0.1, 0.15) is 12.4 Å². The Labute approximate surface area is 153 Å². The number of halogens is 1. The lowest BCUT2D eigenvalue weighted by atomic mass is 10.1. The summed E-state index contributed by atoms with van der Waals surface area (Å²) in [5, 5.41) is 17.6. The number of carbonyl (C=O) groups is 2. The number of aliphatic carboxylic acids is 2. The molecule has 0 unspecified atom stereocenters. The van der Waals surface area contributed by atoms with Crippen LogP contribution in [0, 0.1) is 0 Å². The second-order valence-electron chi connectivity index (χ2n) is 5.49. The van der Waals surface area contributed by atoms with Crippen LogP contribution in [-0.2, 0) is 29.0 Å². The number of benzene rings is 1. The first-order valence-electron chi connectivity index (χ1n) is 7.73. The van der Waals surface area contributed by atoms with Crippen molar-refractivity contribution >= 4 is 27.9 Å². The first kappa shape index (κ1) is 18.9. The van der Waals surface area contributed by atoms with Gasteiger partial charge in [-0.05, 0) is 17.7 Å². The highest BCUT2D eigenvalue weighted by molar-refractivity contribution is 9.10. The highest BCUT2D eigenvalue weighted by Crippen LogP contribution is 2.19. The number of hydrogen-bond donors (Lipinski definition) is 2. The van der Waals surface area contributed by atoms with Gasteiger partial charge < -0.3 is 14.9 Å². The average molecular weight is 408 g/mol. The van der Waals surface area contributed by atoms with E-state index in [1.165, 1.54) is 0 Å². The quantitative estimate of drug-likeness (QED) is 0.660. The summed E-state index contributed by atoms with van der Waals surface area (Å²) in [6.07, 6.45) is 0.457. The molecule has 7 heteroatoms. The standard InChI is InChI=1S/C18H18BrNO5/c19-13-3-1-12(2-4-13)11-25-16-9-14(5-7-17(21)22)20-15(10-16)6-8-18(23)24/h1-4,9-10H,5-8,11H2,(H,21,22)(H,23,24). The molecule has 132 valence electrons.